The summed E-state index contributed by atoms with van der Waals surface area (Å²) < 4.78 is 2.23. The lowest BCUT2D eigenvalue weighted by atomic mass is 10.0. The van der Waals surface area contributed by atoms with E-state index in [1.165, 1.54) is 0 Å². The number of nitrogens with zero attached hydrogens (tertiary/aromatic N) is 7. The third-order valence-corrected chi connectivity index (χ3v) is 8.13. The van der Waals surface area contributed by atoms with Gasteiger partial charge in [0.15, 0.2) is 0 Å². The van der Waals surface area contributed by atoms with Gasteiger partial charge in [-0.3, -0.25) is 4.57 Å². The molecule has 5 aromatic carbocycles. The highest BCUT2D eigenvalue weighted by molar-refractivity contribution is 6.13. The second-order valence-corrected chi connectivity index (χ2v) is 10.5. The van der Waals surface area contributed by atoms with Crippen LogP contribution in [-0.4, -0.2) is 34.5 Å². The molecule has 0 bridgehead atoms. The number of aromatic nitrogens is 7. The molecule has 200 valence electrons. The fourth-order valence-corrected chi connectivity index (χ4v) is 6.18. The Kier molecular flexibility index (Phi) is 5.06. The van der Waals surface area contributed by atoms with E-state index in [0.717, 1.165) is 82.8 Å². The van der Waals surface area contributed by atoms with E-state index in [4.69, 9.17) is 15.0 Å². The first-order valence-electron chi connectivity index (χ1n) is 14.0. The van der Waals surface area contributed by atoms with Gasteiger partial charge in [-0.2, -0.15) is 0 Å². The van der Waals surface area contributed by atoms with Crippen LogP contribution in [-0.2, 0) is 0 Å². The molecule has 0 aliphatic carbocycles. The highest BCUT2D eigenvalue weighted by atomic mass is 15.1. The predicted octanol–water partition coefficient (Wildman–Crippen LogP) is 7.95. The van der Waals surface area contributed by atoms with Gasteiger partial charge in [-0.05, 0) is 48.5 Å². The SMILES string of the molecule is c1ccc2c(-c3ccc4c(c3)c3cc(-c5ncnc6ccccc56)ccc3n4-c3ncnc4ccccc34)ncnc2c1. The minimum atomic E-state index is 0.839. The Morgan fingerprint density at radius 3 is 1.35 bits per heavy atom. The van der Waals surface area contributed by atoms with Crippen LogP contribution in [0.15, 0.2) is 128 Å². The van der Waals surface area contributed by atoms with Crippen molar-refractivity contribution in [3.63, 3.8) is 0 Å². The molecule has 0 saturated carbocycles. The molecule has 9 aromatic rings. The normalized spacial score (nSPS) is 11.7. The summed E-state index contributed by atoms with van der Waals surface area (Å²) in [6.45, 7) is 0. The van der Waals surface area contributed by atoms with E-state index in [9.17, 15) is 0 Å². The van der Waals surface area contributed by atoms with Crippen molar-refractivity contribution in [1.82, 2.24) is 34.5 Å². The van der Waals surface area contributed by atoms with Crippen molar-refractivity contribution < 1.29 is 0 Å². The first-order chi connectivity index (χ1) is 21.3. The van der Waals surface area contributed by atoms with E-state index in [1.54, 1.807) is 19.0 Å². The van der Waals surface area contributed by atoms with Crippen LogP contribution >= 0.6 is 0 Å². The molecule has 0 atom stereocenters. The predicted molar refractivity (Wildman–Crippen MR) is 171 cm³/mol. The van der Waals surface area contributed by atoms with Gasteiger partial charge in [0.1, 0.15) is 24.8 Å². The Balaban J connectivity index is 1.37. The van der Waals surface area contributed by atoms with Crippen molar-refractivity contribution in [3.05, 3.63) is 128 Å². The molecule has 0 unspecified atom stereocenters. The summed E-state index contributed by atoms with van der Waals surface area (Å²) in [7, 11) is 0. The summed E-state index contributed by atoms with van der Waals surface area (Å²) in [5.41, 5.74) is 8.68. The number of benzene rings is 5. The van der Waals surface area contributed by atoms with Gasteiger partial charge in [-0.15, -0.1) is 0 Å². The summed E-state index contributed by atoms with van der Waals surface area (Å²) in [5, 5.41) is 5.21. The molecule has 9 rings (SSSR count). The Bertz CT molecular complexity index is 2380. The van der Waals surface area contributed by atoms with Crippen LogP contribution in [0.3, 0.4) is 0 Å². The molecular weight excluding hydrogens is 530 g/mol. The zero-order valence-electron chi connectivity index (χ0n) is 22.8. The maximum Gasteiger partial charge on any atom is 0.148 e. The topological polar surface area (TPSA) is 82.3 Å². The van der Waals surface area contributed by atoms with Gasteiger partial charge >= 0.3 is 0 Å². The van der Waals surface area contributed by atoms with Crippen molar-refractivity contribution in [2.45, 2.75) is 0 Å². The lowest BCUT2D eigenvalue weighted by molar-refractivity contribution is 1.07. The Hall–Kier alpha value is -6.08. The maximum atomic E-state index is 4.80. The van der Waals surface area contributed by atoms with Crippen molar-refractivity contribution >= 4 is 54.5 Å². The first-order valence-corrected chi connectivity index (χ1v) is 14.0. The number of hydrogen-bond acceptors (Lipinski definition) is 6. The largest absolute Gasteiger partial charge is 0.293 e. The van der Waals surface area contributed by atoms with Crippen LogP contribution in [0.5, 0.6) is 0 Å². The molecule has 0 amide bonds. The lowest BCUT2D eigenvalue weighted by Crippen LogP contribution is -1.99. The fraction of sp³-hybridized carbons (Fsp3) is 0. The maximum absolute atomic E-state index is 4.80. The van der Waals surface area contributed by atoms with Crippen molar-refractivity contribution in [3.8, 4) is 28.3 Å². The zero-order valence-corrected chi connectivity index (χ0v) is 22.8. The van der Waals surface area contributed by atoms with E-state index in [-0.39, 0.29) is 0 Å². The van der Waals surface area contributed by atoms with Crippen LogP contribution in [0, 0.1) is 0 Å². The molecule has 43 heavy (non-hydrogen) atoms. The highest BCUT2D eigenvalue weighted by Crippen LogP contribution is 2.39. The monoisotopic (exact) mass is 551 g/mol. The molecular formula is C36H21N7. The Morgan fingerprint density at radius 2 is 0.814 bits per heavy atom. The molecule has 0 saturated heterocycles. The Labute approximate surface area is 245 Å². The van der Waals surface area contributed by atoms with Crippen molar-refractivity contribution in [2.75, 3.05) is 0 Å². The second kappa shape index (κ2) is 9.22. The minimum absolute atomic E-state index is 0.839. The zero-order chi connectivity index (χ0) is 28.3. The molecule has 4 heterocycles. The van der Waals surface area contributed by atoms with Gasteiger partial charge in [0, 0.05) is 38.1 Å². The highest BCUT2D eigenvalue weighted by Gasteiger charge is 2.19. The second-order valence-electron chi connectivity index (χ2n) is 10.5. The summed E-state index contributed by atoms with van der Waals surface area (Å²) in [5.74, 6) is 0.839. The van der Waals surface area contributed by atoms with Gasteiger partial charge < -0.3 is 0 Å². The van der Waals surface area contributed by atoms with Gasteiger partial charge in [-0.1, -0.05) is 60.7 Å². The number of hydrogen-bond donors (Lipinski definition) is 0. The molecule has 7 nitrogen and oxygen atoms in total. The molecule has 0 N–H and O–H groups in total. The summed E-state index contributed by atoms with van der Waals surface area (Å²) in [6.07, 6.45) is 4.91. The average molecular weight is 552 g/mol. The van der Waals surface area contributed by atoms with E-state index < -0.39 is 0 Å². The molecule has 7 heteroatoms. The average Bonchev–Trinajstić information content (AvgIpc) is 3.40. The quantitative estimate of drug-likeness (QED) is 0.222. The van der Waals surface area contributed by atoms with E-state index in [2.05, 4.69) is 74.1 Å². The van der Waals surface area contributed by atoms with Gasteiger partial charge in [-0.25, -0.2) is 29.9 Å². The van der Waals surface area contributed by atoms with Gasteiger partial charge in [0.25, 0.3) is 0 Å². The third-order valence-electron chi connectivity index (χ3n) is 8.13. The summed E-state index contributed by atoms with van der Waals surface area (Å²) in [6, 6.07) is 37.4. The van der Waals surface area contributed by atoms with Crippen LogP contribution < -0.4 is 0 Å². The van der Waals surface area contributed by atoms with E-state index >= 15 is 0 Å². The van der Waals surface area contributed by atoms with Crippen LogP contribution in [0.4, 0.5) is 0 Å². The minimum Gasteiger partial charge on any atom is -0.293 e. The molecule has 4 aromatic heterocycles. The number of rotatable bonds is 3. The van der Waals surface area contributed by atoms with Gasteiger partial charge in [0.05, 0.1) is 39.0 Å². The van der Waals surface area contributed by atoms with Crippen LogP contribution in [0.1, 0.15) is 0 Å². The first kappa shape index (κ1) is 23.6. The summed E-state index contributed by atoms with van der Waals surface area (Å²) >= 11 is 0. The van der Waals surface area contributed by atoms with E-state index in [0.29, 0.717) is 0 Å². The summed E-state index contributed by atoms with van der Waals surface area (Å²) in [4.78, 5) is 27.7. The molecule has 0 fully saturated rings. The number of fused-ring (bicyclic) bond motifs is 6. The van der Waals surface area contributed by atoms with Gasteiger partial charge in [0.2, 0.25) is 0 Å². The molecule has 0 spiro atoms. The van der Waals surface area contributed by atoms with Crippen LogP contribution in [0.2, 0.25) is 0 Å². The smallest absolute Gasteiger partial charge is 0.148 e. The van der Waals surface area contributed by atoms with E-state index in [1.807, 2.05) is 54.6 Å². The fourth-order valence-electron chi connectivity index (χ4n) is 6.18. The molecule has 0 aliphatic rings. The van der Waals surface area contributed by atoms with Crippen molar-refractivity contribution in [2.24, 2.45) is 0 Å². The van der Waals surface area contributed by atoms with Crippen molar-refractivity contribution in [1.29, 1.82) is 0 Å². The molecule has 0 radical (unpaired) electrons. The standard InChI is InChI=1S/C36H21N7/c1-4-10-29-24(7-1)34(40-19-37-29)22-13-15-32-27(17-22)28-18-23(35-25-8-2-5-11-30(25)38-20-41-35)14-16-33(28)43(32)36-26-9-3-6-12-31(26)39-21-42-36/h1-21H. The lowest BCUT2D eigenvalue weighted by Gasteiger charge is -2.10. The third kappa shape index (κ3) is 3.62. The Morgan fingerprint density at radius 1 is 0.372 bits per heavy atom. The number of para-hydroxylation sites is 3. The molecule has 0 aliphatic heterocycles. The van der Waals surface area contributed by atoms with Crippen LogP contribution in [0.25, 0.3) is 82.8 Å².